The van der Waals surface area contributed by atoms with E-state index >= 15 is 0 Å². The van der Waals surface area contributed by atoms with E-state index in [0.29, 0.717) is 29.4 Å². The average molecular weight is 513 g/mol. The van der Waals surface area contributed by atoms with Gasteiger partial charge in [-0.15, -0.1) is 4.40 Å². The average Bonchev–Trinajstić information content (AvgIpc) is 3.23. The number of piperidine rings is 1. The Bertz CT molecular complexity index is 1160. The summed E-state index contributed by atoms with van der Waals surface area (Å²) in [6.07, 6.45) is 4.27. The maximum absolute atomic E-state index is 14.7. The molecule has 0 saturated carbocycles. The summed E-state index contributed by atoms with van der Waals surface area (Å²) in [4.78, 5) is 0. The maximum Gasteiger partial charge on any atom is 0.324 e. The van der Waals surface area contributed by atoms with Crippen LogP contribution in [0.2, 0.25) is 5.02 Å². The first kappa shape index (κ1) is 24.1. The minimum absolute atomic E-state index is 0.0466. The van der Waals surface area contributed by atoms with Crippen LogP contribution in [0.1, 0.15) is 36.3 Å². The third-order valence-corrected chi connectivity index (χ3v) is 8.10. The van der Waals surface area contributed by atoms with Crippen molar-refractivity contribution in [2.75, 3.05) is 25.9 Å². The molecule has 0 aliphatic carbocycles. The van der Waals surface area contributed by atoms with Crippen LogP contribution in [0, 0.1) is 11.6 Å². The molecule has 33 heavy (non-hydrogen) atoms. The second-order valence-electron chi connectivity index (χ2n) is 7.78. The van der Waals surface area contributed by atoms with Crippen molar-refractivity contribution in [2.45, 2.75) is 25.2 Å². The Morgan fingerprint density at radius 3 is 2.33 bits per heavy atom. The van der Waals surface area contributed by atoms with Crippen LogP contribution < -0.4 is 0 Å². The van der Waals surface area contributed by atoms with Gasteiger partial charge in [0.05, 0.1) is 18.2 Å². The van der Waals surface area contributed by atoms with Crippen molar-refractivity contribution in [1.29, 1.82) is 0 Å². The molecule has 2 heterocycles. The molecule has 2 aliphatic heterocycles. The summed E-state index contributed by atoms with van der Waals surface area (Å²) >= 11 is 7.12. The fourth-order valence-electron chi connectivity index (χ4n) is 4.01. The molecular formula is C22H23ClF2N4O2S2. The number of amidine groups is 1. The zero-order valence-electron chi connectivity index (χ0n) is 17.9. The standard InChI is InChI=1S/C22H23ClF2N4O2S2/c1-32-22(27-33(30,31)28-12-3-2-4-13-28)29-14-17(20-18(24)6-5-7-19(20)25)21(26-29)15-8-10-16(23)11-9-15/h5-11,17H,2-4,12-14H2,1H3. The molecule has 2 aromatic carbocycles. The SMILES string of the molecule is CSC(=NS(=O)(=O)N1CCCCC1)N1CC(c2c(F)cccc2F)C(c2ccc(Cl)cc2)=N1. The molecule has 0 amide bonds. The summed E-state index contributed by atoms with van der Waals surface area (Å²) in [5.41, 5.74) is 0.926. The monoisotopic (exact) mass is 512 g/mol. The zero-order chi connectivity index (χ0) is 23.6. The molecule has 2 aliphatic rings. The summed E-state index contributed by atoms with van der Waals surface area (Å²) in [7, 11) is -3.89. The number of hydrogen-bond donors (Lipinski definition) is 0. The number of benzene rings is 2. The molecule has 1 fully saturated rings. The van der Waals surface area contributed by atoms with Gasteiger partial charge in [0.25, 0.3) is 0 Å². The van der Waals surface area contributed by atoms with Crippen LogP contribution in [0.15, 0.2) is 52.0 Å². The van der Waals surface area contributed by atoms with Crippen molar-refractivity contribution in [3.05, 3.63) is 70.2 Å². The third-order valence-electron chi connectivity index (χ3n) is 5.64. The molecule has 1 unspecified atom stereocenters. The lowest BCUT2D eigenvalue weighted by molar-refractivity contribution is 0.347. The van der Waals surface area contributed by atoms with Crippen molar-refractivity contribution in [3.8, 4) is 0 Å². The summed E-state index contributed by atoms with van der Waals surface area (Å²) in [5, 5.41) is 6.64. The highest BCUT2D eigenvalue weighted by atomic mass is 35.5. The number of hydrogen-bond acceptors (Lipinski definition) is 4. The van der Waals surface area contributed by atoms with Crippen molar-refractivity contribution in [1.82, 2.24) is 9.31 Å². The largest absolute Gasteiger partial charge is 0.324 e. The van der Waals surface area contributed by atoms with Crippen molar-refractivity contribution in [2.24, 2.45) is 9.50 Å². The summed E-state index contributed by atoms with van der Waals surface area (Å²) in [5.74, 6) is -2.14. The van der Waals surface area contributed by atoms with Gasteiger partial charge in [-0.1, -0.05) is 48.0 Å². The van der Waals surface area contributed by atoms with Crippen LogP contribution in [0.25, 0.3) is 0 Å². The van der Waals surface area contributed by atoms with E-state index in [1.54, 1.807) is 30.5 Å². The van der Waals surface area contributed by atoms with E-state index in [1.807, 2.05) is 0 Å². The molecule has 2 aromatic rings. The second-order valence-corrected chi connectivity index (χ2v) is 10.6. The van der Waals surface area contributed by atoms with Crippen molar-refractivity contribution < 1.29 is 17.2 Å². The number of rotatable bonds is 4. The van der Waals surface area contributed by atoms with Crippen LogP contribution >= 0.6 is 23.4 Å². The predicted molar refractivity (Wildman–Crippen MR) is 129 cm³/mol. The molecule has 6 nitrogen and oxygen atoms in total. The molecule has 0 N–H and O–H groups in total. The molecule has 1 saturated heterocycles. The van der Waals surface area contributed by atoms with Crippen molar-refractivity contribution in [3.63, 3.8) is 0 Å². The zero-order valence-corrected chi connectivity index (χ0v) is 20.3. The lowest BCUT2D eigenvalue weighted by Gasteiger charge is -2.24. The van der Waals surface area contributed by atoms with Crippen LogP contribution in [0.4, 0.5) is 8.78 Å². The number of halogens is 3. The lowest BCUT2D eigenvalue weighted by Crippen LogP contribution is -2.36. The molecule has 0 bridgehead atoms. The Kier molecular flexibility index (Phi) is 7.37. The Morgan fingerprint density at radius 1 is 1.09 bits per heavy atom. The second kappa shape index (κ2) is 10.1. The van der Waals surface area contributed by atoms with E-state index in [2.05, 4.69) is 9.50 Å². The van der Waals surface area contributed by atoms with Crippen LogP contribution in [0.3, 0.4) is 0 Å². The highest BCUT2D eigenvalue weighted by molar-refractivity contribution is 8.13. The predicted octanol–water partition coefficient (Wildman–Crippen LogP) is 4.87. The number of nitrogens with zero attached hydrogens (tertiary/aromatic N) is 4. The van der Waals surface area contributed by atoms with Crippen LogP contribution in [-0.2, 0) is 10.2 Å². The van der Waals surface area contributed by atoms with Crippen molar-refractivity contribution >= 4 is 44.5 Å². The molecule has 0 radical (unpaired) electrons. The van der Waals surface area contributed by atoms with Crippen LogP contribution in [-0.4, -0.2) is 54.5 Å². The van der Waals surface area contributed by atoms with Gasteiger partial charge in [-0.25, -0.2) is 13.8 Å². The van der Waals surface area contributed by atoms with Gasteiger partial charge >= 0.3 is 10.2 Å². The van der Waals surface area contributed by atoms with Gasteiger partial charge in [-0.2, -0.15) is 17.8 Å². The van der Waals surface area contributed by atoms with E-state index in [0.717, 1.165) is 31.0 Å². The normalized spacial score (nSPS) is 20.2. The van der Waals surface area contributed by atoms with Gasteiger partial charge < -0.3 is 0 Å². The smallest absolute Gasteiger partial charge is 0.240 e. The van der Waals surface area contributed by atoms with Gasteiger partial charge in [0.15, 0.2) is 5.17 Å². The molecule has 176 valence electrons. The Balaban J connectivity index is 1.74. The first-order chi connectivity index (χ1) is 15.8. The van der Waals surface area contributed by atoms with Gasteiger partial charge in [0, 0.05) is 23.7 Å². The molecule has 0 spiro atoms. The molecular weight excluding hydrogens is 490 g/mol. The summed E-state index contributed by atoms with van der Waals surface area (Å²) in [6, 6.07) is 10.5. The number of hydrazone groups is 1. The highest BCUT2D eigenvalue weighted by Crippen LogP contribution is 2.34. The van der Waals surface area contributed by atoms with E-state index in [1.165, 1.54) is 27.5 Å². The minimum atomic E-state index is -3.89. The van der Waals surface area contributed by atoms with Gasteiger partial charge in [0.1, 0.15) is 11.6 Å². The molecule has 11 heteroatoms. The quantitative estimate of drug-likeness (QED) is 0.433. The first-order valence-electron chi connectivity index (χ1n) is 10.5. The van der Waals surface area contributed by atoms with E-state index in [9.17, 15) is 17.2 Å². The first-order valence-corrected chi connectivity index (χ1v) is 13.5. The fourth-order valence-corrected chi connectivity index (χ4v) is 6.17. The Morgan fingerprint density at radius 2 is 1.73 bits per heavy atom. The van der Waals surface area contributed by atoms with Gasteiger partial charge in [-0.3, -0.25) is 0 Å². The topological polar surface area (TPSA) is 65.3 Å². The third kappa shape index (κ3) is 5.24. The Labute approximate surface area is 201 Å². The molecule has 1 atom stereocenters. The minimum Gasteiger partial charge on any atom is -0.240 e. The summed E-state index contributed by atoms with van der Waals surface area (Å²) < 4.78 is 60.6. The summed E-state index contributed by atoms with van der Waals surface area (Å²) in [6.45, 7) is 0.900. The fraction of sp³-hybridized carbons (Fsp3) is 0.364. The Hall–Kier alpha value is -2.01. The maximum atomic E-state index is 14.7. The molecule has 0 aromatic heterocycles. The molecule has 4 rings (SSSR count). The van der Waals surface area contributed by atoms with Gasteiger partial charge in [-0.05, 0) is 48.9 Å². The lowest BCUT2D eigenvalue weighted by atomic mass is 9.90. The van der Waals surface area contributed by atoms with Crippen LogP contribution in [0.5, 0.6) is 0 Å². The highest BCUT2D eigenvalue weighted by Gasteiger charge is 2.36. The van der Waals surface area contributed by atoms with E-state index < -0.39 is 27.8 Å². The van der Waals surface area contributed by atoms with Gasteiger partial charge in [0.2, 0.25) is 0 Å². The van der Waals surface area contributed by atoms with E-state index in [-0.39, 0.29) is 17.3 Å². The number of thioether (sulfide) groups is 1. The van der Waals surface area contributed by atoms with E-state index in [4.69, 9.17) is 11.6 Å².